The minimum absolute atomic E-state index is 0.00628. The van der Waals surface area contributed by atoms with E-state index in [1.807, 2.05) is 6.92 Å². The van der Waals surface area contributed by atoms with Gasteiger partial charge in [0.1, 0.15) is 0 Å². The van der Waals surface area contributed by atoms with Crippen LogP contribution in [-0.4, -0.2) is 26.6 Å². The maximum Gasteiger partial charge on any atom is 0.218 e. The van der Waals surface area contributed by atoms with Crippen molar-refractivity contribution in [3.63, 3.8) is 0 Å². The third-order valence-electron chi connectivity index (χ3n) is 1.79. The van der Waals surface area contributed by atoms with Crippen molar-refractivity contribution in [2.45, 2.75) is 39.5 Å². The molecular formula is C8H14O4S2. The summed E-state index contributed by atoms with van der Waals surface area (Å²) in [5.74, 6) is 0. The van der Waals surface area contributed by atoms with Crippen molar-refractivity contribution in [3.8, 4) is 0 Å². The molecule has 82 valence electrons. The van der Waals surface area contributed by atoms with Crippen molar-refractivity contribution in [2.75, 3.05) is 0 Å². The largest absolute Gasteiger partial charge is 0.218 e. The molecule has 0 rings (SSSR count). The Hall–Kier alpha value is -0.620. The van der Waals surface area contributed by atoms with Gasteiger partial charge in [-0.1, -0.05) is 20.3 Å². The summed E-state index contributed by atoms with van der Waals surface area (Å²) >= 11 is 0. The Morgan fingerprint density at radius 3 is 1.71 bits per heavy atom. The molecule has 0 saturated heterocycles. The van der Waals surface area contributed by atoms with E-state index in [4.69, 9.17) is 0 Å². The second kappa shape index (κ2) is 6.78. The van der Waals surface area contributed by atoms with Crippen molar-refractivity contribution in [1.29, 1.82) is 0 Å². The second-order valence-corrected chi connectivity index (χ2v) is 4.70. The van der Waals surface area contributed by atoms with Gasteiger partial charge in [-0.3, -0.25) is 0 Å². The summed E-state index contributed by atoms with van der Waals surface area (Å²) in [7, 11) is -4.84. The normalized spacial score (nSPS) is 9.57. The molecule has 0 aliphatic carbocycles. The fraction of sp³-hybridized carbons (Fsp3) is 0.750. The lowest BCUT2D eigenvalue weighted by molar-refractivity contribution is 0.624. The van der Waals surface area contributed by atoms with Crippen LogP contribution in [0.2, 0.25) is 0 Å². The van der Waals surface area contributed by atoms with Crippen molar-refractivity contribution >= 4 is 30.3 Å². The Balaban J connectivity index is 5.27. The first-order chi connectivity index (χ1) is 6.54. The van der Waals surface area contributed by atoms with E-state index < -0.39 is 20.6 Å². The van der Waals surface area contributed by atoms with E-state index in [0.717, 1.165) is 6.42 Å². The van der Waals surface area contributed by atoms with Gasteiger partial charge in [0.25, 0.3) is 0 Å². The first-order valence-electron chi connectivity index (χ1n) is 4.45. The Kier molecular flexibility index (Phi) is 6.48. The lowest BCUT2D eigenvalue weighted by atomic mass is 10.1. The summed E-state index contributed by atoms with van der Waals surface area (Å²) < 4.78 is 43.0. The van der Waals surface area contributed by atoms with Gasteiger partial charge in [-0.15, -0.1) is 0 Å². The van der Waals surface area contributed by atoms with Crippen molar-refractivity contribution in [2.24, 2.45) is 0 Å². The van der Waals surface area contributed by atoms with Gasteiger partial charge in [0.05, 0.1) is 9.73 Å². The number of hydrogen-bond acceptors (Lipinski definition) is 4. The van der Waals surface area contributed by atoms with Crippen LogP contribution in [0.3, 0.4) is 0 Å². The fourth-order valence-electron chi connectivity index (χ4n) is 1.06. The highest BCUT2D eigenvalue weighted by atomic mass is 32.2. The van der Waals surface area contributed by atoms with E-state index in [0.29, 0.717) is 12.8 Å². The molecule has 6 heteroatoms. The molecule has 0 saturated carbocycles. The van der Waals surface area contributed by atoms with Gasteiger partial charge in [0.2, 0.25) is 20.6 Å². The molecular weight excluding hydrogens is 224 g/mol. The van der Waals surface area contributed by atoms with Crippen LogP contribution in [0.25, 0.3) is 0 Å². The lowest BCUT2D eigenvalue weighted by Gasteiger charge is -1.99. The number of rotatable bonds is 5. The zero-order chi connectivity index (χ0) is 11.1. The quantitative estimate of drug-likeness (QED) is 0.661. The van der Waals surface area contributed by atoms with Crippen molar-refractivity contribution < 1.29 is 16.8 Å². The summed E-state index contributed by atoms with van der Waals surface area (Å²) in [6.45, 7) is 3.55. The summed E-state index contributed by atoms with van der Waals surface area (Å²) in [5, 5.41) is 0. The van der Waals surface area contributed by atoms with Crippen LogP contribution in [0.15, 0.2) is 0 Å². The van der Waals surface area contributed by atoms with Crippen LogP contribution in [0.4, 0.5) is 0 Å². The molecule has 0 radical (unpaired) electrons. The van der Waals surface area contributed by atoms with Gasteiger partial charge in [-0.25, -0.2) is 0 Å². The lowest BCUT2D eigenvalue weighted by Crippen LogP contribution is -2.15. The Labute approximate surface area is 87.0 Å². The van der Waals surface area contributed by atoms with Gasteiger partial charge in [0, 0.05) is 0 Å². The predicted molar refractivity (Wildman–Crippen MR) is 57.7 cm³/mol. The average molecular weight is 238 g/mol. The first-order valence-corrected chi connectivity index (χ1v) is 6.60. The minimum Gasteiger partial charge on any atom is -0.184 e. The van der Waals surface area contributed by atoms with Crippen molar-refractivity contribution in [3.05, 3.63) is 0 Å². The van der Waals surface area contributed by atoms with Crippen LogP contribution >= 0.6 is 0 Å². The van der Waals surface area contributed by atoms with Gasteiger partial charge in [0.15, 0.2) is 0 Å². The molecule has 0 unspecified atom stereocenters. The van der Waals surface area contributed by atoms with Crippen LogP contribution in [-0.2, 0) is 20.6 Å². The summed E-state index contributed by atoms with van der Waals surface area (Å²) in [5.41, 5.74) is 0. The fourth-order valence-corrected chi connectivity index (χ4v) is 2.63. The molecule has 4 nitrogen and oxygen atoms in total. The second-order valence-electron chi connectivity index (χ2n) is 2.77. The summed E-state index contributed by atoms with van der Waals surface area (Å²) in [6.07, 6.45) is 2.06. The highest BCUT2D eigenvalue weighted by Gasteiger charge is 2.10. The highest BCUT2D eigenvalue weighted by Crippen LogP contribution is 1.99. The SMILES string of the molecule is CCCCC(C(CC)=S(=O)=O)=S(=O)=O. The van der Waals surface area contributed by atoms with Gasteiger partial charge in [-0.05, 0) is 19.3 Å². The third-order valence-corrected chi connectivity index (χ3v) is 3.71. The molecule has 0 aromatic heterocycles. The van der Waals surface area contributed by atoms with Crippen LogP contribution in [0.5, 0.6) is 0 Å². The summed E-state index contributed by atoms with van der Waals surface area (Å²) in [4.78, 5) is 0.0365. The maximum absolute atomic E-state index is 10.8. The Bertz CT molecular complexity index is 424. The molecule has 0 spiro atoms. The first kappa shape index (κ1) is 13.4. The average Bonchev–Trinajstić information content (AvgIpc) is 2.10. The van der Waals surface area contributed by atoms with Crippen molar-refractivity contribution in [1.82, 2.24) is 0 Å². The van der Waals surface area contributed by atoms with Gasteiger partial charge >= 0.3 is 0 Å². The molecule has 0 fully saturated rings. The number of unbranched alkanes of at least 4 members (excludes halogenated alkanes) is 1. The van der Waals surface area contributed by atoms with E-state index in [1.54, 1.807) is 6.92 Å². The smallest absolute Gasteiger partial charge is 0.184 e. The number of hydrogen-bond donors (Lipinski definition) is 0. The van der Waals surface area contributed by atoms with Crippen LogP contribution < -0.4 is 0 Å². The Morgan fingerprint density at radius 1 is 0.929 bits per heavy atom. The van der Waals surface area contributed by atoms with E-state index in [-0.39, 0.29) is 16.1 Å². The highest BCUT2D eigenvalue weighted by molar-refractivity contribution is 7.82. The molecule has 0 aromatic carbocycles. The minimum atomic E-state index is -2.42. The zero-order valence-electron chi connectivity index (χ0n) is 8.28. The monoisotopic (exact) mass is 238 g/mol. The van der Waals surface area contributed by atoms with E-state index in [1.165, 1.54) is 0 Å². The third kappa shape index (κ3) is 4.06. The molecule has 0 aliphatic heterocycles. The van der Waals surface area contributed by atoms with Gasteiger partial charge < -0.3 is 0 Å². The molecule has 0 N–H and O–H groups in total. The van der Waals surface area contributed by atoms with E-state index in [9.17, 15) is 16.8 Å². The topological polar surface area (TPSA) is 68.3 Å². The molecule has 0 heterocycles. The zero-order valence-corrected chi connectivity index (χ0v) is 9.91. The van der Waals surface area contributed by atoms with E-state index in [2.05, 4.69) is 0 Å². The standard InChI is InChI=1S/C8H14O4S2/c1-3-5-6-8(14(11)12)7(4-2)13(9)10/h3-6H2,1-2H3. The maximum atomic E-state index is 10.8. The molecule has 0 atom stereocenters. The van der Waals surface area contributed by atoms with Gasteiger partial charge in [-0.2, -0.15) is 16.8 Å². The molecule has 0 aromatic rings. The van der Waals surface area contributed by atoms with Crippen LogP contribution in [0.1, 0.15) is 39.5 Å². The molecule has 0 bridgehead atoms. The Morgan fingerprint density at radius 2 is 1.43 bits per heavy atom. The molecule has 0 amide bonds. The summed E-state index contributed by atoms with van der Waals surface area (Å²) in [6, 6.07) is 0. The molecule has 0 aliphatic rings. The predicted octanol–water partition coefficient (Wildman–Crippen LogP) is 0.690. The molecule has 14 heavy (non-hydrogen) atoms. The van der Waals surface area contributed by atoms with Crippen LogP contribution in [0, 0.1) is 0 Å². The van der Waals surface area contributed by atoms with E-state index >= 15 is 0 Å².